The van der Waals surface area contributed by atoms with E-state index in [-0.39, 0.29) is 11.2 Å². The lowest BCUT2D eigenvalue weighted by atomic mass is 10.0. The molecule has 5 aromatic rings. The smallest absolute Gasteiger partial charge is 0.269 e. The van der Waals surface area contributed by atoms with E-state index >= 15 is 0 Å². The molecule has 1 N–H and O–H groups in total. The van der Waals surface area contributed by atoms with Crippen LogP contribution in [0, 0.1) is 10.1 Å². The van der Waals surface area contributed by atoms with E-state index in [9.17, 15) is 14.9 Å². The molecule has 0 aliphatic carbocycles. The molecule has 0 amide bonds. The van der Waals surface area contributed by atoms with Crippen molar-refractivity contribution in [3.05, 3.63) is 116 Å². The average Bonchev–Trinajstić information content (AvgIpc) is 3.25. The van der Waals surface area contributed by atoms with Crippen LogP contribution >= 0.6 is 11.3 Å². The number of hydrogen-bond acceptors (Lipinski definition) is 5. The van der Waals surface area contributed by atoms with Crippen molar-refractivity contribution in [3.8, 4) is 22.3 Å². The van der Waals surface area contributed by atoms with Gasteiger partial charge in [-0.2, -0.15) is 0 Å². The first-order chi connectivity index (χ1) is 15.6. The summed E-state index contributed by atoms with van der Waals surface area (Å²) in [4.78, 5) is 31.5. The molecular formula is C25H17N3O3S. The summed E-state index contributed by atoms with van der Waals surface area (Å²) in [6, 6.07) is 24.6. The van der Waals surface area contributed by atoms with Crippen LogP contribution in [0.4, 0.5) is 5.69 Å². The first-order valence-electron chi connectivity index (χ1n) is 9.98. The lowest BCUT2D eigenvalue weighted by Crippen LogP contribution is -2.11. The predicted octanol–water partition coefficient (Wildman–Crippen LogP) is 5.82. The fourth-order valence-electron chi connectivity index (χ4n) is 3.69. The number of non-ortho nitro benzene ring substituents is 1. The largest absolute Gasteiger partial charge is 0.310 e. The third-order valence-electron chi connectivity index (χ3n) is 5.31. The molecule has 2 aromatic heterocycles. The molecular weight excluding hydrogens is 422 g/mol. The van der Waals surface area contributed by atoms with E-state index in [1.165, 1.54) is 23.5 Å². The number of nitro groups is 1. The summed E-state index contributed by atoms with van der Waals surface area (Å²) in [6.07, 6.45) is 0.391. The van der Waals surface area contributed by atoms with Crippen LogP contribution in [-0.4, -0.2) is 14.9 Å². The zero-order valence-electron chi connectivity index (χ0n) is 16.8. The molecule has 32 heavy (non-hydrogen) atoms. The Morgan fingerprint density at radius 3 is 2.22 bits per heavy atom. The maximum atomic E-state index is 12.9. The van der Waals surface area contributed by atoms with E-state index in [1.54, 1.807) is 12.1 Å². The van der Waals surface area contributed by atoms with Gasteiger partial charge in [0.1, 0.15) is 10.7 Å². The summed E-state index contributed by atoms with van der Waals surface area (Å²) >= 11 is 1.43. The molecule has 0 fully saturated rings. The standard InChI is InChI=1S/C25H17N3O3S/c29-24-23-21(19-10-8-18(9-11-19)17-4-2-1-3-5-17)15-32-25(23)27-22(26-24)14-16-6-12-20(13-7-16)28(30)31/h1-13,15H,14H2,(H,26,27,29). The van der Waals surface area contributed by atoms with Crippen molar-refractivity contribution < 1.29 is 4.92 Å². The topological polar surface area (TPSA) is 88.9 Å². The lowest BCUT2D eigenvalue weighted by Gasteiger charge is -2.05. The molecule has 3 aromatic carbocycles. The fraction of sp³-hybridized carbons (Fsp3) is 0.0400. The Morgan fingerprint density at radius 2 is 1.53 bits per heavy atom. The number of fused-ring (bicyclic) bond motifs is 1. The normalized spacial score (nSPS) is 11.0. The van der Waals surface area contributed by atoms with Gasteiger partial charge in [0.25, 0.3) is 11.2 Å². The SMILES string of the molecule is O=c1[nH]c(Cc2ccc([N+](=O)[O-])cc2)nc2scc(-c3ccc(-c4ccccc4)cc3)c12. The maximum absolute atomic E-state index is 12.9. The fourth-order valence-corrected chi connectivity index (χ4v) is 4.66. The molecule has 6 nitrogen and oxygen atoms in total. The number of H-pyrrole nitrogens is 1. The van der Waals surface area contributed by atoms with Gasteiger partial charge in [-0.1, -0.05) is 66.7 Å². The summed E-state index contributed by atoms with van der Waals surface area (Å²) in [5.41, 5.74) is 4.77. The number of nitrogens with one attached hydrogen (secondary N) is 1. The number of aromatic nitrogens is 2. The number of hydrogen-bond donors (Lipinski definition) is 1. The van der Waals surface area contributed by atoms with Crippen LogP contribution in [0.3, 0.4) is 0 Å². The molecule has 0 atom stereocenters. The van der Waals surface area contributed by atoms with Crippen LogP contribution < -0.4 is 5.56 Å². The van der Waals surface area contributed by atoms with E-state index in [0.717, 1.165) is 27.8 Å². The maximum Gasteiger partial charge on any atom is 0.269 e. The van der Waals surface area contributed by atoms with Gasteiger partial charge in [-0.15, -0.1) is 11.3 Å². The third kappa shape index (κ3) is 3.81. The van der Waals surface area contributed by atoms with Gasteiger partial charge in [-0.25, -0.2) is 4.98 Å². The first-order valence-corrected chi connectivity index (χ1v) is 10.9. The summed E-state index contributed by atoms with van der Waals surface area (Å²) in [7, 11) is 0. The zero-order valence-corrected chi connectivity index (χ0v) is 17.6. The summed E-state index contributed by atoms with van der Waals surface area (Å²) in [5.74, 6) is 0.532. The number of benzene rings is 3. The number of thiophene rings is 1. The van der Waals surface area contributed by atoms with Crippen LogP contribution in [0.1, 0.15) is 11.4 Å². The van der Waals surface area contributed by atoms with Gasteiger partial charge in [0.05, 0.1) is 10.3 Å². The predicted molar refractivity (Wildman–Crippen MR) is 127 cm³/mol. The van der Waals surface area contributed by atoms with Gasteiger partial charge in [0, 0.05) is 29.5 Å². The minimum atomic E-state index is -0.435. The third-order valence-corrected chi connectivity index (χ3v) is 6.19. The Bertz CT molecular complexity index is 1470. The molecule has 0 saturated heterocycles. The van der Waals surface area contributed by atoms with Crippen molar-refractivity contribution in [2.75, 3.05) is 0 Å². The molecule has 156 valence electrons. The second-order valence-electron chi connectivity index (χ2n) is 7.39. The molecule has 0 saturated carbocycles. The average molecular weight is 439 g/mol. The summed E-state index contributed by atoms with van der Waals surface area (Å²) in [5, 5.41) is 13.4. The summed E-state index contributed by atoms with van der Waals surface area (Å²) < 4.78 is 0. The highest BCUT2D eigenvalue weighted by Gasteiger charge is 2.14. The van der Waals surface area contributed by atoms with Crippen molar-refractivity contribution in [3.63, 3.8) is 0 Å². The minimum Gasteiger partial charge on any atom is -0.310 e. The molecule has 5 rings (SSSR count). The lowest BCUT2D eigenvalue weighted by molar-refractivity contribution is -0.384. The minimum absolute atomic E-state index is 0.0341. The Kier molecular flexibility index (Phi) is 5.09. The molecule has 0 aliphatic rings. The first kappa shape index (κ1) is 19.8. The molecule has 0 radical (unpaired) electrons. The van der Waals surface area contributed by atoms with Crippen molar-refractivity contribution >= 4 is 27.2 Å². The van der Waals surface area contributed by atoms with Gasteiger partial charge in [-0.05, 0) is 22.3 Å². The Labute approximate surface area is 187 Å². The monoisotopic (exact) mass is 439 g/mol. The number of nitro benzene ring substituents is 1. The highest BCUT2D eigenvalue weighted by molar-refractivity contribution is 7.17. The highest BCUT2D eigenvalue weighted by Crippen LogP contribution is 2.32. The van der Waals surface area contributed by atoms with Crippen LogP contribution in [0.2, 0.25) is 0 Å². The second kappa shape index (κ2) is 8.20. The molecule has 0 spiro atoms. The Balaban J connectivity index is 1.45. The number of nitrogens with zero attached hydrogens (tertiary/aromatic N) is 2. The van der Waals surface area contributed by atoms with Crippen molar-refractivity contribution in [1.82, 2.24) is 9.97 Å². The van der Waals surface area contributed by atoms with E-state index in [2.05, 4.69) is 34.2 Å². The van der Waals surface area contributed by atoms with Gasteiger partial charge in [0.2, 0.25) is 0 Å². The van der Waals surface area contributed by atoms with Crippen molar-refractivity contribution in [2.45, 2.75) is 6.42 Å². The van der Waals surface area contributed by atoms with Crippen LogP contribution in [-0.2, 0) is 6.42 Å². The Morgan fingerprint density at radius 1 is 0.875 bits per heavy atom. The quantitative estimate of drug-likeness (QED) is 0.276. The van der Waals surface area contributed by atoms with Crippen LogP contribution in [0.25, 0.3) is 32.5 Å². The van der Waals surface area contributed by atoms with E-state index < -0.39 is 4.92 Å². The number of rotatable bonds is 5. The van der Waals surface area contributed by atoms with E-state index in [4.69, 9.17) is 0 Å². The molecule has 0 aliphatic heterocycles. The van der Waals surface area contributed by atoms with Crippen LogP contribution in [0.5, 0.6) is 0 Å². The summed E-state index contributed by atoms with van der Waals surface area (Å²) in [6.45, 7) is 0. The number of aromatic amines is 1. The highest BCUT2D eigenvalue weighted by atomic mass is 32.1. The van der Waals surface area contributed by atoms with Gasteiger partial charge >= 0.3 is 0 Å². The second-order valence-corrected chi connectivity index (χ2v) is 8.24. The van der Waals surface area contributed by atoms with E-state index in [0.29, 0.717) is 22.5 Å². The van der Waals surface area contributed by atoms with Gasteiger partial charge in [0.15, 0.2) is 0 Å². The Hall–Kier alpha value is -4.10. The van der Waals surface area contributed by atoms with Gasteiger partial charge in [-0.3, -0.25) is 14.9 Å². The molecule has 2 heterocycles. The van der Waals surface area contributed by atoms with Crippen molar-refractivity contribution in [1.29, 1.82) is 0 Å². The van der Waals surface area contributed by atoms with Crippen LogP contribution in [0.15, 0.2) is 89.0 Å². The molecule has 7 heteroatoms. The van der Waals surface area contributed by atoms with Crippen molar-refractivity contribution in [2.24, 2.45) is 0 Å². The molecule has 0 bridgehead atoms. The molecule has 0 unspecified atom stereocenters. The zero-order chi connectivity index (χ0) is 22.1. The van der Waals surface area contributed by atoms with Gasteiger partial charge < -0.3 is 4.98 Å². The van der Waals surface area contributed by atoms with E-state index in [1.807, 2.05) is 35.7 Å².